The van der Waals surface area contributed by atoms with E-state index in [1.165, 1.54) is 12.1 Å². The molecule has 0 N–H and O–H groups in total. The molecule has 3 aromatic rings. The van der Waals surface area contributed by atoms with Gasteiger partial charge in [0, 0.05) is 75.1 Å². The molecule has 3 aliphatic rings. The standard InChI is InChI=1S/C32H38F3N5O2/c1-4-42-27-19-22-18-23(32(33,34)35)7-8-24(22)28(27)40-17-16-39(20-21(40)2)31(3)10-14-38(15-11-31)30(41)26-9-13-37-29-25(26)6-5-12-36-29/h5-9,12-13,18,21,27-28H,4,10-11,14-17,19-20H2,1-3H3/t21-,27+,28+/m0/s1. The highest BCUT2D eigenvalue weighted by atomic mass is 19.4. The fourth-order valence-electron chi connectivity index (χ4n) is 7.25. The van der Waals surface area contributed by atoms with Gasteiger partial charge in [0.2, 0.25) is 0 Å². The van der Waals surface area contributed by atoms with Gasteiger partial charge in [0.1, 0.15) is 0 Å². The zero-order chi connectivity index (χ0) is 29.6. The van der Waals surface area contributed by atoms with E-state index in [-0.39, 0.29) is 29.6 Å². The molecule has 2 aromatic heterocycles. The lowest BCUT2D eigenvalue weighted by Gasteiger charge is -2.53. The number of halogens is 3. The van der Waals surface area contributed by atoms with Crippen LogP contribution in [0.1, 0.15) is 66.7 Å². The summed E-state index contributed by atoms with van der Waals surface area (Å²) in [7, 11) is 0. The van der Waals surface area contributed by atoms with Crippen LogP contribution in [-0.4, -0.2) is 87.6 Å². The Bertz CT molecular complexity index is 1450. The van der Waals surface area contributed by atoms with E-state index in [1.54, 1.807) is 24.5 Å². The number of fused-ring (bicyclic) bond motifs is 2. The quantitative estimate of drug-likeness (QED) is 0.405. The number of piperazine rings is 1. The summed E-state index contributed by atoms with van der Waals surface area (Å²) >= 11 is 0. The van der Waals surface area contributed by atoms with Crippen molar-refractivity contribution in [3.8, 4) is 0 Å². The molecule has 7 nitrogen and oxygen atoms in total. The minimum absolute atomic E-state index is 0.0196. The van der Waals surface area contributed by atoms with Crippen LogP contribution in [0, 0.1) is 0 Å². The van der Waals surface area contributed by atoms with Crippen LogP contribution >= 0.6 is 0 Å². The number of likely N-dealkylation sites (tertiary alicyclic amines) is 1. The zero-order valence-corrected chi connectivity index (χ0v) is 24.4. The first-order chi connectivity index (χ1) is 20.1. The monoisotopic (exact) mass is 581 g/mol. The Balaban J connectivity index is 1.13. The third-order valence-electron chi connectivity index (χ3n) is 9.62. The molecule has 0 saturated carbocycles. The lowest BCUT2D eigenvalue weighted by atomic mass is 9.86. The SMILES string of the molecule is CCO[C@@H]1Cc2cc(C(F)(F)F)ccc2[C@H]1N1CCN(C2(C)CCN(C(=O)c3ccnc4ncccc34)CC2)C[C@@H]1C. The first-order valence-electron chi connectivity index (χ1n) is 14.9. The second-order valence-electron chi connectivity index (χ2n) is 12.1. The number of pyridine rings is 2. The number of benzene rings is 1. The first kappa shape index (κ1) is 29.0. The van der Waals surface area contributed by atoms with Gasteiger partial charge in [0.25, 0.3) is 5.91 Å². The number of carbonyl (C=O) groups excluding carboxylic acids is 1. The second kappa shape index (κ2) is 11.2. The molecule has 3 atom stereocenters. The predicted molar refractivity (Wildman–Crippen MR) is 154 cm³/mol. The van der Waals surface area contributed by atoms with Crippen molar-refractivity contribution in [2.45, 2.75) is 69.9 Å². The number of piperidine rings is 1. The lowest BCUT2D eigenvalue weighted by molar-refractivity contribution is -0.137. The molecule has 0 radical (unpaired) electrons. The highest BCUT2D eigenvalue weighted by Crippen LogP contribution is 2.43. The van der Waals surface area contributed by atoms with Gasteiger partial charge >= 0.3 is 6.18 Å². The molecular formula is C32H38F3N5O2. The van der Waals surface area contributed by atoms with Crippen LogP contribution in [0.25, 0.3) is 11.0 Å². The smallest absolute Gasteiger partial charge is 0.376 e. The third kappa shape index (κ3) is 5.29. The molecule has 2 saturated heterocycles. The van der Waals surface area contributed by atoms with Crippen molar-refractivity contribution in [3.63, 3.8) is 0 Å². The van der Waals surface area contributed by atoms with Crippen molar-refractivity contribution in [1.29, 1.82) is 0 Å². The van der Waals surface area contributed by atoms with Crippen LogP contribution in [0.4, 0.5) is 13.2 Å². The Kier molecular flexibility index (Phi) is 7.74. The van der Waals surface area contributed by atoms with Gasteiger partial charge in [-0.25, -0.2) is 9.97 Å². The highest BCUT2D eigenvalue weighted by molar-refractivity contribution is 6.05. The van der Waals surface area contributed by atoms with Crippen molar-refractivity contribution < 1.29 is 22.7 Å². The summed E-state index contributed by atoms with van der Waals surface area (Å²) in [4.78, 5) is 29.0. The number of nitrogens with zero attached hydrogens (tertiary/aromatic N) is 5. The summed E-state index contributed by atoms with van der Waals surface area (Å²) in [5.74, 6) is 0.0196. The van der Waals surface area contributed by atoms with Crippen LogP contribution in [0.15, 0.2) is 48.8 Å². The maximum absolute atomic E-state index is 13.5. The molecule has 1 aromatic carbocycles. The van der Waals surface area contributed by atoms with Gasteiger partial charge in [-0.2, -0.15) is 13.2 Å². The Hall–Kier alpha value is -3.08. The average molecular weight is 582 g/mol. The Morgan fingerprint density at radius 1 is 1.07 bits per heavy atom. The van der Waals surface area contributed by atoms with Gasteiger partial charge in [0.05, 0.1) is 23.3 Å². The minimum Gasteiger partial charge on any atom is -0.376 e. The summed E-state index contributed by atoms with van der Waals surface area (Å²) < 4.78 is 46.3. The molecule has 6 rings (SSSR count). The largest absolute Gasteiger partial charge is 0.416 e. The van der Waals surface area contributed by atoms with Gasteiger partial charge in [-0.15, -0.1) is 0 Å². The molecule has 2 fully saturated rings. The van der Waals surface area contributed by atoms with Crippen LogP contribution in [-0.2, 0) is 17.3 Å². The Morgan fingerprint density at radius 3 is 2.55 bits per heavy atom. The molecule has 4 heterocycles. The van der Waals surface area contributed by atoms with Crippen molar-refractivity contribution >= 4 is 16.9 Å². The normalized spacial score (nSPS) is 25.1. The molecule has 224 valence electrons. The van der Waals surface area contributed by atoms with Crippen LogP contribution in [0.2, 0.25) is 0 Å². The van der Waals surface area contributed by atoms with E-state index >= 15 is 0 Å². The van der Waals surface area contributed by atoms with Crippen LogP contribution < -0.4 is 0 Å². The second-order valence-corrected chi connectivity index (χ2v) is 12.1. The first-order valence-corrected chi connectivity index (χ1v) is 14.9. The van der Waals surface area contributed by atoms with Gasteiger partial charge in [-0.05, 0) is 75.1 Å². The summed E-state index contributed by atoms with van der Waals surface area (Å²) in [6.07, 6.45) is 1.06. The molecule has 2 aliphatic heterocycles. The maximum Gasteiger partial charge on any atom is 0.416 e. The van der Waals surface area contributed by atoms with Crippen molar-refractivity contribution in [2.24, 2.45) is 0 Å². The summed E-state index contributed by atoms with van der Waals surface area (Å²) in [6, 6.07) is 9.83. The lowest BCUT2D eigenvalue weighted by Crippen LogP contribution is -2.62. The van der Waals surface area contributed by atoms with E-state index in [2.05, 4.69) is 33.6 Å². The van der Waals surface area contributed by atoms with Crippen LogP contribution in [0.3, 0.4) is 0 Å². The maximum atomic E-state index is 13.5. The molecule has 10 heteroatoms. The number of ether oxygens (including phenoxy) is 1. The molecule has 0 unspecified atom stereocenters. The van der Waals surface area contributed by atoms with E-state index in [1.807, 2.05) is 24.0 Å². The van der Waals surface area contributed by atoms with E-state index in [9.17, 15) is 18.0 Å². The number of alkyl halides is 3. The Morgan fingerprint density at radius 2 is 1.83 bits per heavy atom. The number of aromatic nitrogens is 2. The number of hydrogen-bond donors (Lipinski definition) is 0. The molecular weight excluding hydrogens is 543 g/mol. The van der Waals surface area contributed by atoms with E-state index in [0.717, 1.165) is 49.0 Å². The van der Waals surface area contributed by atoms with Gasteiger partial charge in [-0.3, -0.25) is 14.6 Å². The fourth-order valence-corrected chi connectivity index (χ4v) is 7.25. The van der Waals surface area contributed by atoms with Crippen molar-refractivity contribution in [1.82, 2.24) is 24.7 Å². The van der Waals surface area contributed by atoms with Gasteiger partial charge < -0.3 is 9.64 Å². The number of hydrogen-bond acceptors (Lipinski definition) is 6. The molecule has 1 aliphatic carbocycles. The van der Waals surface area contributed by atoms with Gasteiger partial charge in [0.15, 0.2) is 5.65 Å². The highest BCUT2D eigenvalue weighted by Gasteiger charge is 2.45. The topological polar surface area (TPSA) is 61.8 Å². The average Bonchev–Trinajstić information content (AvgIpc) is 3.33. The molecule has 0 spiro atoms. The Labute approximate surface area is 244 Å². The van der Waals surface area contributed by atoms with Crippen molar-refractivity contribution in [3.05, 3.63) is 71.0 Å². The number of amides is 1. The third-order valence-corrected chi connectivity index (χ3v) is 9.62. The zero-order valence-electron chi connectivity index (χ0n) is 24.4. The molecule has 1 amide bonds. The number of carbonyl (C=O) groups is 1. The van der Waals surface area contributed by atoms with E-state index in [0.29, 0.717) is 37.3 Å². The summed E-state index contributed by atoms with van der Waals surface area (Å²) in [6.45, 7) is 10.9. The fraction of sp³-hybridized carbons (Fsp3) is 0.531. The predicted octanol–water partition coefficient (Wildman–Crippen LogP) is 5.35. The molecule has 42 heavy (non-hydrogen) atoms. The summed E-state index contributed by atoms with van der Waals surface area (Å²) in [5, 5.41) is 0.775. The van der Waals surface area contributed by atoms with E-state index in [4.69, 9.17) is 4.74 Å². The minimum atomic E-state index is -4.36. The number of rotatable bonds is 5. The summed E-state index contributed by atoms with van der Waals surface area (Å²) in [5.41, 5.74) is 2.29. The van der Waals surface area contributed by atoms with Crippen molar-refractivity contribution in [2.75, 3.05) is 39.3 Å². The molecule has 0 bridgehead atoms. The van der Waals surface area contributed by atoms with Crippen LogP contribution in [0.5, 0.6) is 0 Å². The van der Waals surface area contributed by atoms with Gasteiger partial charge in [-0.1, -0.05) is 6.07 Å². The van der Waals surface area contributed by atoms with E-state index < -0.39 is 11.7 Å².